The van der Waals surface area contributed by atoms with Crippen molar-refractivity contribution in [2.45, 2.75) is 26.9 Å². The van der Waals surface area contributed by atoms with E-state index in [0.29, 0.717) is 16.6 Å². The van der Waals surface area contributed by atoms with Crippen molar-refractivity contribution in [1.29, 1.82) is 0 Å². The molecule has 0 amide bonds. The van der Waals surface area contributed by atoms with Gasteiger partial charge in [-0.2, -0.15) is 9.97 Å². The number of hydrogen-bond acceptors (Lipinski definition) is 4. The van der Waals surface area contributed by atoms with Gasteiger partial charge in [0.25, 0.3) is 0 Å². The number of ether oxygens (including phenoxy) is 2. The molecular formula is C9H13ClN2O2. The number of nitrogens with zero attached hydrogens (tertiary/aromatic N) is 2. The minimum atomic E-state index is 0.0199. The fourth-order valence-electron chi connectivity index (χ4n) is 0.901. The molecule has 0 saturated carbocycles. The van der Waals surface area contributed by atoms with Crippen LogP contribution in [0, 0.1) is 6.92 Å². The van der Waals surface area contributed by atoms with Crippen molar-refractivity contribution in [2.75, 3.05) is 7.11 Å². The molecule has 0 saturated heterocycles. The van der Waals surface area contributed by atoms with Gasteiger partial charge in [-0.1, -0.05) is 11.6 Å². The molecule has 0 unspecified atom stereocenters. The highest BCUT2D eigenvalue weighted by Crippen LogP contribution is 2.27. The van der Waals surface area contributed by atoms with Crippen LogP contribution in [0.15, 0.2) is 0 Å². The zero-order valence-corrected chi connectivity index (χ0v) is 9.42. The van der Waals surface area contributed by atoms with Crippen LogP contribution in [-0.2, 0) is 0 Å². The largest absolute Gasteiger partial charge is 0.474 e. The number of hydrogen-bond donors (Lipinski definition) is 0. The maximum Gasteiger partial charge on any atom is 0.319 e. The fourth-order valence-corrected chi connectivity index (χ4v) is 1.03. The summed E-state index contributed by atoms with van der Waals surface area (Å²) in [5, 5.41) is 0.430. The third kappa shape index (κ3) is 2.48. The number of aromatic nitrogens is 2. The topological polar surface area (TPSA) is 44.2 Å². The zero-order valence-electron chi connectivity index (χ0n) is 8.67. The molecule has 0 bridgehead atoms. The van der Waals surface area contributed by atoms with Crippen LogP contribution in [0.4, 0.5) is 0 Å². The van der Waals surface area contributed by atoms with Crippen LogP contribution in [0.3, 0.4) is 0 Å². The summed E-state index contributed by atoms with van der Waals surface area (Å²) in [7, 11) is 1.50. The van der Waals surface area contributed by atoms with Gasteiger partial charge in [0.05, 0.1) is 18.9 Å². The Bertz CT molecular complexity index is 329. The van der Waals surface area contributed by atoms with Crippen LogP contribution < -0.4 is 9.47 Å². The van der Waals surface area contributed by atoms with E-state index in [1.807, 2.05) is 13.8 Å². The van der Waals surface area contributed by atoms with E-state index in [4.69, 9.17) is 21.1 Å². The van der Waals surface area contributed by atoms with Crippen molar-refractivity contribution in [3.63, 3.8) is 0 Å². The Balaban J connectivity index is 3.07. The second-order valence-corrected chi connectivity index (χ2v) is 3.46. The van der Waals surface area contributed by atoms with Crippen molar-refractivity contribution in [3.05, 3.63) is 10.7 Å². The molecule has 0 radical (unpaired) electrons. The SMILES string of the molecule is COc1nc(C)c(Cl)c(OC(C)C)n1. The molecule has 0 aliphatic rings. The summed E-state index contributed by atoms with van der Waals surface area (Å²) in [4.78, 5) is 8.02. The Hall–Kier alpha value is -1.03. The molecule has 0 aliphatic carbocycles. The molecule has 14 heavy (non-hydrogen) atoms. The summed E-state index contributed by atoms with van der Waals surface area (Å²) >= 11 is 5.96. The second-order valence-electron chi connectivity index (χ2n) is 3.08. The van der Waals surface area contributed by atoms with Gasteiger partial charge >= 0.3 is 6.01 Å². The number of methoxy groups -OCH3 is 1. The molecule has 1 heterocycles. The number of rotatable bonds is 3. The highest BCUT2D eigenvalue weighted by molar-refractivity contribution is 6.32. The fraction of sp³-hybridized carbons (Fsp3) is 0.556. The van der Waals surface area contributed by atoms with Gasteiger partial charge in [0.15, 0.2) is 0 Å². The predicted molar refractivity (Wildman–Crippen MR) is 54.1 cm³/mol. The van der Waals surface area contributed by atoms with E-state index >= 15 is 0 Å². The van der Waals surface area contributed by atoms with Gasteiger partial charge in [-0.15, -0.1) is 0 Å². The first kappa shape index (κ1) is 11.0. The van der Waals surface area contributed by atoms with Crippen molar-refractivity contribution in [2.24, 2.45) is 0 Å². The standard InChI is InChI=1S/C9H13ClN2O2/c1-5(2)14-8-7(10)6(3)11-9(12-8)13-4/h5H,1-4H3. The summed E-state index contributed by atoms with van der Waals surface area (Å²) in [6, 6.07) is 0.266. The monoisotopic (exact) mass is 216 g/mol. The van der Waals surface area contributed by atoms with E-state index in [1.54, 1.807) is 6.92 Å². The van der Waals surface area contributed by atoms with Gasteiger partial charge in [-0.05, 0) is 20.8 Å². The molecule has 0 N–H and O–H groups in total. The van der Waals surface area contributed by atoms with Crippen molar-refractivity contribution in [3.8, 4) is 11.9 Å². The van der Waals surface area contributed by atoms with Crippen LogP contribution in [-0.4, -0.2) is 23.2 Å². The molecule has 0 atom stereocenters. The zero-order chi connectivity index (χ0) is 10.7. The Morgan fingerprint density at radius 2 is 1.93 bits per heavy atom. The highest BCUT2D eigenvalue weighted by atomic mass is 35.5. The van der Waals surface area contributed by atoms with Gasteiger partial charge in [0, 0.05) is 0 Å². The molecule has 4 nitrogen and oxygen atoms in total. The van der Waals surface area contributed by atoms with E-state index in [9.17, 15) is 0 Å². The smallest absolute Gasteiger partial charge is 0.319 e. The molecule has 0 fully saturated rings. The normalized spacial score (nSPS) is 10.4. The predicted octanol–water partition coefficient (Wildman–Crippen LogP) is 2.23. The molecule has 0 spiro atoms. The average Bonchev–Trinajstić information content (AvgIpc) is 2.11. The first-order chi connectivity index (χ1) is 6.54. The van der Waals surface area contributed by atoms with Gasteiger partial charge < -0.3 is 9.47 Å². The third-order valence-corrected chi connectivity index (χ3v) is 1.93. The summed E-state index contributed by atoms with van der Waals surface area (Å²) in [6.07, 6.45) is 0.0199. The van der Waals surface area contributed by atoms with Crippen molar-refractivity contribution < 1.29 is 9.47 Å². The molecule has 1 rings (SSSR count). The lowest BCUT2D eigenvalue weighted by Crippen LogP contribution is -2.09. The summed E-state index contributed by atoms with van der Waals surface area (Å²) < 4.78 is 10.3. The lowest BCUT2D eigenvalue weighted by Gasteiger charge is -2.11. The van der Waals surface area contributed by atoms with Crippen molar-refractivity contribution in [1.82, 2.24) is 9.97 Å². The van der Waals surface area contributed by atoms with E-state index < -0.39 is 0 Å². The van der Waals surface area contributed by atoms with Gasteiger partial charge in [-0.3, -0.25) is 0 Å². The lowest BCUT2D eigenvalue weighted by atomic mass is 10.4. The summed E-state index contributed by atoms with van der Waals surface area (Å²) in [5.41, 5.74) is 0.647. The maximum absolute atomic E-state index is 5.96. The molecule has 5 heteroatoms. The number of aryl methyl sites for hydroxylation is 1. The van der Waals surface area contributed by atoms with Crippen LogP contribution in [0.2, 0.25) is 5.02 Å². The molecular weight excluding hydrogens is 204 g/mol. The van der Waals surface area contributed by atoms with E-state index in [0.717, 1.165) is 0 Å². The molecule has 1 aromatic rings. The minimum absolute atomic E-state index is 0.0199. The number of halogens is 1. The lowest BCUT2D eigenvalue weighted by molar-refractivity contribution is 0.228. The summed E-state index contributed by atoms with van der Waals surface area (Å²) in [5.74, 6) is 0.367. The van der Waals surface area contributed by atoms with Crippen LogP contribution in [0.5, 0.6) is 11.9 Å². The molecule has 0 aliphatic heterocycles. The Labute approximate surface area is 88.2 Å². The first-order valence-corrected chi connectivity index (χ1v) is 4.67. The Kier molecular flexibility index (Phi) is 3.52. The first-order valence-electron chi connectivity index (χ1n) is 4.29. The second kappa shape index (κ2) is 4.46. The quantitative estimate of drug-likeness (QED) is 0.777. The van der Waals surface area contributed by atoms with E-state index in [-0.39, 0.29) is 12.1 Å². The molecule has 78 valence electrons. The Morgan fingerprint density at radius 3 is 2.43 bits per heavy atom. The van der Waals surface area contributed by atoms with Gasteiger partial charge in [0.2, 0.25) is 5.88 Å². The Morgan fingerprint density at radius 1 is 1.29 bits per heavy atom. The van der Waals surface area contributed by atoms with Crippen LogP contribution >= 0.6 is 11.6 Å². The van der Waals surface area contributed by atoms with Crippen molar-refractivity contribution >= 4 is 11.6 Å². The average molecular weight is 217 g/mol. The van der Waals surface area contributed by atoms with E-state index in [1.165, 1.54) is 7.11 Å². The van der Waals surface area contributed by atoms with Gasteiger partial charge in [0.1, 0.15) is 5.02 Å². The van der Waals surface area contributed by atoms with Crippen LogP contribution in [0.1, 0.15) is 19.5 Å². The highest BCUT2D eigenvalue weighted by Gasteiger charge is 2.12. The maximum atomic E-state index is 5.96. The van der Waals surface area contributed by atoms with Crippen LogP contribution in [0.25, 0.3) is 0 Å². The molecule has 1 aromatic heterocycles. The third-order valence-electron chi connectivity index (χ3n) is 1.50. The van der Waals surface area contributed by atoms with E-state index in [2.05, 4.69) is 9.97 Å². The molecule has 0 aromatic carbocycles. The van der Waals surface area contributed by atoms with Gasteiger partial charge in [-0.25, -0.2) is 0 Å². The minimum Gasteiger partial charge on any atom is -0.474 e. The summed E-state index contributed by atoms with van der Waals surface area (Å²) in [6.45, 7) is 5.58.